The van der Waals surface area contributed by atoms with Crippen molar-refractivity contribution in [1.29, 1.82) is 0 Å². The van der Waals surface area contributed by atoms with Crippen LogP contribution in [0.5, 0.6) is 5.75 Å². The Labute approximate surface area is 142 Å². The van der Waals surface area contributed by atoms with Crippen LogP contribution < -0.4 is 15.4 Å². The lowest BCUT2D eigenvalue weighted by Gasteiger charge is -2.15. The van der Waals surface area contributed by atoms with E-state index in [0.717, 1.165) is 5.69 Å². The number of para-hydroxylation sites is 2. The zero-order chi connectivity index (χ0) is 17.7. The van der Waals surface area contributed by atoms with Gasteiger partial charge in [0.2, 0.25) is 5.95 Å². The number of benzene rings is 1. The van der Waals surface area contributed by atoms with E-state index in [1.807, 2.05) is 58.9 Å². The lowest BCUT2D eigenvalue weighted by molar-refractivity contribution is 0.0938. The van der Waals surface area contributed by atoms with Crippen LogP contribution in [0.4, 0.5) is 11.6 Å². The van der Waals surface area contributed by atoms with Gasteiger partial charge in [-0.05, 0) is 52.8 Å². The first-order valence-electron chi connectivity index (χ1n) is 8.04. The van der Waals surface area contributed by atoms with Crippen molar-refractivity contribution in [3.05, 3.63) is 41.7 Å². The molecule has 24 heavy (non-hydrogen) atoms. The number of hydrogen-bond acceptors (Lipinski definition) is 5. The van der Waals surface area contributed by atoms with Gasteiger partial charge in [0.25, 0.3) is 5.91 Å². The minimum Gasteiger partial charge on any atom is -0.489 e. The van der Waals surface area contributed by atoms with Gasteiger partial charge in [-0.15, -0.1) is 0 Å². The summed E-state index contributed by atoms with van der Waals surface area (Å²) in [7, 11) is 0. The van der Waals surface area contributed by atoms with E-state index in [2.05, 4.69) is 20.6 Å². The Morgan fingerprint density at radius 3 is 2.50 bits per heavy atom. The van der Waals surface area contributed by atoms with Gasteiger partial charge < -0.3 is 15.4 Å². The number of carbonyl (C=O) groups excluding carboxylic acids is 1. The van der Waals surface area contributed by atoms with E-state index in [1.54, 1.807) is 6.07 Å². The Morgan fingerprint density at radius 1 is 1.12 bits per heavy atom. The van der Waals surface area contributed by atoms with Crippen LogP contribution in [0.3, 0.4) is 0 Å². The van der Waals surface area contributed by atoms with Crippen molar-refractivity contribution >= 4 is 17.5 Å². The quantitative estimate of drug-likeness (QED) is 0.849. The first-order valence-corrected chi connectivity index (χ1v) is 8.04. The summed E-state index contributed by atoms with van der Waals surface area (Å²) < 4.78 is 5.78. The summed E-state index contributed by atoms with van der Waals surface area (Å²) in [4.78, 5) is 20.8. The first-order chi connectivity index (χ1) is 11.3. The van der Waals surface area contributed by atoms with Crippen molar-refractivity contribution < 1.29 is 9.53 Å². The van der Waals surface area contributed by atoms with Gasteiger partial charge in [0, 0.05) is 11.7 Å². The van der Waals surface area contributed by atoms with Gasteiger partial charge in [-0.1, -0.05) is 12.1 Å². The smallest absolute Gasteiger partial charge is 0.270 e. The highest BCUT2D eigenvalue weighted by Gasteiger charge is 2.13. The zero-order valence-electron chi connectivity index (χ0n) is 14.8. The second kappa shape index (κ2) is 7.77. The predicted octanol–water partition coefficient (Wildman–Crippen LogP) is 3.45. The number of aromatic nitrogens is 2. The molecule has 0 aliphatic heterocycles. The lowest BCUT2D eigenvalue weighted by Crippen LogP contribution is -2.31. The van der Waals surface area contributed by atoms with Crippen molar-refractivity contribution in [2.24, 2.45) is 0 Å². The number of carbonyl (C=O) groups is 1. The Bertz CT molecular complexity index is 714. The first kappa shape index (κ1) is 17.7. The molecule has 0 bridgehead atoms. The number of hydrogen-bond donors (Lipinski definition) is 2. The lowest BCUT2D eigenvalue weighted by atomic mass is 10.2. The van der Waals surface area contributed by atoms with Crippen molar-refractivity contribution in [3.8, 4) is 5.75 Å². The van der Waals surface area contributed by atoms with E-state index in [9.17, 15) is 4.79 Å². The van der Waals surface area contributed by atoms with E-state index in [-0.39, 0.29) is 18.1 Å². The highest BCUT2D eigenvalue weighted by atomic mass is 16.5. The number of ether oxygens (including phenoxy) is 1. The van der Waals surface area contributed by atoms with Crippen LogP contribution in [0.2, 0.25) is 0 Å². The van der Waals surface area contributed by atoms with Gasteiger partial charge in [0.15, 0.2) is 0 Å². The summed E-state index contributed by atoms with van der Waals surface area (Å²) in [6.45, 7) is 9.58. The second-order valence-electron chi connectivity index (χ2n) is 6.13. The Morgan fingerprint density at radius 2 is 1.83 bits per heavy atom. The third-order valence-electron chi connectivity index (χ3n) is 3.00. The van der Waals surface area contributed by atoms with Gasteiger partial charge in [-0.25, -0.2) is 9.97 Å². The van der Waals surface area contributed by atoms with Crippen LogP contribution in [0.25, 0.3) is 0 Å². The SMILES string of the molecule is Cc1cc(C(=O)NC(C)C)nc(Nc2ccccc2OC(C)C)n1. The Kier molecular flexibility index (Phi) is 5.73. The van der Waals surface area contributed by atoms with E-state index in [0.29, 0.717) is 23.1 Å². The molecule has 1 aromatic carbocycles. The number of rotatable bonds is 6. The maximum absolute atomic E-state index is 12.2. The van der Waals surface area contributed by atoms with Crippen molar-refractivity contribution in [2.75, 3.05) is 5.32 Å². The van der Waals surface area contributed by atoms with Gasteiger partial charge in [-0.3, -0.25) is 4.79 Å². The molecule has 2 aromatic rings. The average molecular weight is 328 g/mol. The van der Waals surface area contributed by atoms with Crippen LogP contribution in [0, 0.1) is 6.92 Å². The zero-order valence-corrected chi connectivity index (χ0v) is 14.8. The molecule has 6 heteroatoms. The number of amides is 1. The van der Waals surface area contributed by atoms with Crippen LogP contribution in [-0.4, -0.2) is 28.0 Å². The molecule has 0 radical (unpaired) electrons. The highest BCUT2D eigenvalue weighted by molar-refractivity contribution is 5.92. The summed E-state index contributed by atoms with van der Waals surface area (Å²) >= 11 is 0. The number of aryl methyl sites for hydroxylation is 1. The minimum absolute atomic E-state index is 0.0457. The minimum atomic E-state index is -0.217. The number of nitrogens with zero attached hydrogens (tertiary/aromatic N) is 2. The second-order valence-corrected chi connectivity index (χ2v) is 6.13. The summed E-state index contributed by atoms with van der Waals surface area (Å²) in [5, 5.41) is 5.97. The molecule has 2 N–H and O–H groups in total. The topological polar surface area (TPSA) is 76.1 Å². The number of anilines is 2. The summed E-state index contributed by atoms with van der Waals surface area (Å²) in [6, 6.07) is 9.28. The maximum atomic E-state index is 12.2. The average Bonchev–Trinajstić information content (AvgIpc) is 2.47. The molecule has 1 aromatic heterocycles. The molecule has 0 spiro atoms. The summed E-state index contributed by atoms with van der Waals surface area (Å²) in [5.74, 6) is 0.861. The molecular weight excluding hydrogens is 304 g/mol. The third-order valence-corrected chi connectivity index (χ3v) is 3.00. The fourth-order valence-corrected chi connectivity index (χ4v) is 2.12. The van der Waals surface area contributed by atoms with E-state index in [4.69, 9.17) is 4.74 Å². The van der Waals surface area contributed by atoms with Crippen LogP contribution >= 0.6 is 0 Å². The third kappa shape index (κ3) is 4.94. The van der Waals surface area contributed by atoms with Crippen LogP contribution in [0.15, 0.2) is 30.3 Å². The molecule has 1 heterocycles. The molecular formula is C18H24N4O2. The normalized spacial score (nSPS) is 10.8. The fraction of sp³-hybridized carbons (Fsp3) is 0.389. The van der Waals surface area contributed by atoms with Crippen molar-refractivity contribution in [3.63, 3.8) is 0 Å². The van der Waals surface area contributed by atoms with E-state index >= 15 is 0 Å². The maximum Gasteiger partial charge on any atom is 0.270 e. The molecule has 0 saturated heterocycles. The number of nitrogens with one attached hydrogen (secondary N) is 2. The van der Waals surface area contributed by atoms with E-state index < -0.39 is 0 Å². The molecule has 128 valence electrons. The standard InChI is InChI=1S/C18H24N4O2/c1-11(2)19-17(23)15-10-13(5)20-18(22-15)21-14-8-6-7-9-16(14)24-12(3)4/h6-12H,1-5H3,(H,19,23)(H,20,21,22). The van der Waals surface area contributed by atoms with Gasteiger partial charge in [0.05, 0.1) is 11.8 Å². The predicted molar refractivity (Wildman–Crippen MR) is 94.9 cm³/mol. The van der Waals surface area contributed by atoms with Gasteiger partial charge in [-0.2, -0.15) is 0 Å². The van der Waals surface area contributed by atoms with Gasteiger partial charge >= 0.3 is 0 Å². The molecule has 0 fully saturated rings. The largest absolute Gasteiger partial charge is 0.489 e. The molecule has 0 saturated carbocycles. The molecule has 6 nitrogen and oxygen atoms in total. The molecule has 0 aliphatic rings. The summed E-state index contributed by atoms with van der Waals surface area (Å²) in [5.41, 5.74) is 1.80. The Balaban J connectivity index is 2.27. The fourth-order valence-electron chi connectivity index (χ4n) is 2.12. The monoisotopic (exact) mass is 328 g/mol. The molecule has 0 unspecified atom stereocenters. The Hall–Kier alpha value is -2.63. The van der Waals surface area contributed by atoms with E-state index in [1.165, 1.54) is 0 Å². The molecule has 0 atom stereocenters. The molecule has 0 aliphatic carbocycles. The van der Waals surface area contributed by atoms with Crippen molar-refractivity contribution in [2.45, 2.75) is 46.8 Å². The van der Waals surface area contributed by atoms with Gasteiger partial charge in [0.1, 0.15) is 11.4 Å². The highest BCUT2D eigenvalue weighted by Crippen LogP contribution is 2.27. The molecule has 2 rings (SSSR count). The van der Waals surface area contributed by atoms with Crippen molar-refractivity contribution in [1.82, 2.24) is 15.3 Å². The van der Waals surface area contributed by atoms with Crippen LogP contribution in [0.1, 0.15) is 43.9 Å². The van der Waals surface area contributed by atoms with Crippen LogP contribution in [-0.2, 0) is 0 Å². The summed E-state index contributed by atoms with van der Waals surface area (Å²) in [6.07, 6.45) is 0.0544. The molecule has 1 amide bonds.